The van der Waals surface area contributed by atoms with Gasteiger partial charge in [0.2, 0.25) is 5.91 Å². The van der Waals surface area contributed by atoms with Gasteiger partial charge in [-0.25, -0.2) is 0 Å². The van der Waals surface area contributed by atoms with E-state index in [9.17, 15) is 9.59 Å². The van der Waals surface area contributed by atoms with Crippen LogP contribution in [0.15, 0.2) is 22.7 Å². The molecule has 0 saturated carbocycles. The molecule has 0 bridgehead atoms. The lowest BCUT2D eigenvalue weighted by Gasteiger charge is -2.27. The van der Waals surface area contributed by atoms with Gasteiger partial charge in [-0.1, -0.05) is 26.8 Å². The fourth-order valence-electron chi connectivity index (χ4n) is 2.01. The van der Waals surface area contributed by atoms with E-state index in [0.717, 1.165) is 10.0 Å². The van der Waals surface area contributed by atoms with Crippen LogP contribution < -0.4 is 5.32 Å². The van der Waals surface area contributed by atoms with Crippen molar-refractivity contribution in [1.29, 1.82) is 0 Å². The van der Waals surface area contributed by atoms with Crippen LogP contribution >= 0.6 is 15.9 Å². The monoisotopic (exact) mass is 355 g/mol. The highest BCUT2D eigenvalue weighted by Gasteiger charge is 2.39. The lowest BCUT2D eigenvalue weighted by atomic mass is 9.80. The van der Waals surface area contributed by atoms with Crippen molar-refractivity contribution < 1.29 is 14.3 Å². The largest absolute Gasteiger partial charge is 0.465 e. The molecular formula is C16H22BrNO3. The van der Waals surface area contributed by atoms with E-state index < -0.39 is 17.3 Å². The fraction of sp³-hybridized carbons (Fsp3) is 0.500. The Hall–Kier alpha value is -1.36. The Kier molecular flexibility index (Phi) is 5.96. The first-order valence-corrected chi connectivity index (χ1v) is 7.69. The van der Waals surface area contributed by atoms with E-state index in [1.54, 1.807) is 6.92 Å². The SMILES string of the molecule is CCOC(=O)C(C(=O)Nc1ccc(C)cc1Br)C(C)(C)C. The Morgan fingerprint density at radius 3 is 2.43 bits per heavy atom. The molecule has 5 heteroatoms. The molecule has 1 unspecified atom stereocenters. The number of nitrogens with one attached hydrogen (secondary N) is 1. The second-order valence-corrected chi connectivity index (χ2v) is 6.88. The highest BCUT2D eigenvalue weighted by molar-refractivity contribution is 9.10. The lowest BCUT2D eigenvalue weighted by molar-refractivity contribution is -0.155. The highest BCUT2D eigenvalue weighted by atomic mass is 79.9. The first-order chi connectivity index (χ1) is 9.66. The summed E-state index contributed by atoms with van der Waals surface area (Å²) in [5, 5.41) is 2.80. The Morgan fingerprint density at radius 1 is 1.33 bits per heavy atom. The molecule has 4 nitrogen and oxygen atoms in total. The molecule has 1 atom stereocenters. The van der Waals surface area contributed by atoms with E-state index in [4.69, 9.17) is 4.74 Å². The number of carbonyl (C=O) groups excluding carboxylic acids is 2. The minimum Gasteiger partial charge on any atom is -0.465 e. The molecule has 1 amide bonds. The van der Waals surface area contributed by atoms with Crippen molar-refractivity contribution in [1.82, 2.24) is 0 Å². The fourth-order valence-corrected chi connectivity index (χ4v) is 2.60. The molecule has 0 radical (unpaired) electrons. The summed E-state index contributed by atoms with van der Waals surface area (Å²) in [6.07, 6.45) is 0. The number of amides is 1. The van der Waals surface area contributed by atoms with Gasteiger partial charge in [-0.15, -0.1) is 0 Å². The summed E-state index contributed by atoms with van der Waals surface area (Å²) >= 11 is 3.41. The van der Waals surface area contributed by atoms with Crippen LogP contribution in [0.1, 0.15) is 33.3 Å². The van der Waals surface area contributed by atoms with Gasteiger partial charge in [0.25, 0.3) is 0 Å². The third-order valence-corrected chi connectivity index (χ3v) is 3.69. The minimum atomic E-state index is -0.856. The van der Waals surface area contributed by atoms with Gasteiger partial charge in [-0.05, 0) is 52.9 Å². The van der Waals surface area contributed by atoms with Gasteiger partial charge in [0.05, 0.1) is 12.3 Å². The third kappa shape index (κ3) is 4.84. The van der Waals surface area contributed by atoms with Crippen molar-refractivity contribution >= 4 is 33.5 Å². The van der Waals surface area contributed by atoms with Gasteiger partial charge in [0, 0.05) is 4.47 Å². The first kappa shape index (κ1) is 17.7. The van der Waals surface area contributed by atoms with Crippen LogP contribution in [0.3, 0.4) is 0 Å². The summed E-state index contributed by atoms with van der Waals surface area (Å²) in [6.45, 7) is 9.49. The average Bonchev–Trinajstić information content (AvgIpc) is 2.31. The number of benzene rings is 1. The van der Waals surface area contributed by atoms with Crippen molar-refractivity contribution in [3.63, 3.8) is 0 Å². The van der Waals surface area contributed by atoms with Gasteiger partial charge in [-0.3, -0.25) is 9.59 Å². The number of rotatable bonds is 4. The summed E-state index contributed by atoms with van der Waals surface area (Å²) in [6, 6.07) is 5.62. The smallest absolute Gasteiger partial charge is 0.319 e. The number of hydrogen-bond donors (Lipinski definition) is 1. The van der Waals surface area contributed by atoms with Crippen molar-refractivity contribution in [2.75, 3.05) is 11.9 Å². The molecule has 0 heterocycles. The van der Waals surface area contributed by atoms with Gasteiger partial charge >= 0.3 is 5.97 Å². The summed E-state index contributed by atoms with van der Waals surface area (Å²) < 4.78 is 5.81. The molecule has 0 spiro atoms. The van der Waals surface area contributed by atoms with E-state index in [1.807, 2.05) is 45.9 Å². The number of carbonyl (C=O) groups is 2. The molecule has 1 N–H and O–H groups in total. The topological polar surface area (TPSA) is 55.4 Å². The molecule has 116 valence electrons. The molecular weight excluding hydrogens is 334 g/mol. The minimum absolute atomic E-state index is 0.257. The van der Waals surface area contributed by atoms with Gasteiger partial charge in [-0.2, -0.15) is 0 Å². The number of halogens is 1. The lowest BCUT2D eigenvalue weighted by Crippen LogP contribution is -2.40. The van der Waals surface area contributed by atoms with Crippen LogP contribution in [0.4, 0.5) is 5.69 Å². The van der Waals surface area contributed by atoms with Crippen molar-refractivity contribution in [3.8, 4) is 0 Å². The summed E-state index contributed by atoms with van der Waals surface area (Å²) in [7, 11) is 0. The maximum absolute atomic E-state index is 12.5. The van der Waals surface area contributed by atoms with Crippen molar-refractivity contribution in [2.45, 2.75) is 34.6 Å². The van der Waals surface area contributed by atoms with Gasteiger partial charge < -0.3 is 10.1 Å². The van der Waals surface area contributed by atoms with Gasteiger partial charge in [0.15, 0.2) is 0 Å². The molecule has 0 fully saturated rings. The van der Waals surface area contributed by atoms with E-state index in [1.165, 1.54) is 0 Å². The van der Waals surface area contributed by atoms with Crippen LogP contribution in [-0.2, 0) is 14.3 Å². The number of ether oxygens (including phenoxy) is 1. The standard InChI is InChI=1S/C16H22BrNO3/c1-6-21-15(20)13(16(3,4)5)14(19)18-12-8-7-10(2)9-11(12)17/h7-9,13H,6H2,1-5H3,(H,18,19). The number of anilines is 1. The highest BCUT2D eigenvalue weighted by Crippen LogP contribution is 2.30. The molecule has 0 saturated heterocycles. The molecule has 0 aliphatic rings. The maximum Gasteiger partial charge on any atom is 0.319 e. The predicted molar refractivity (Wildman–Crippen MR) is 87.1 cm³/mol. The summed E-state index contributed by atoms with van der Waals surface area (Å²) in [4.78, 5) is 24.5. The molecule has 1 aromatic carbocycles. The Balaban J connectivity index is 2.99. The second kappa shape index (κ2) is 7.07. The zero-order valence-corrected chi connectivity index (χ0v) is 14.7. The van der Waals surface area contributed by atoms with Crippen molar-refractivity contribution in [3.05, 3.63) is 28.2 Å². The Bertz CT molecular complexity index is 535. The molecule has 1 aromatic rings. The Labute approximate surface area is 134 Å². The number of esters is 1. The maximum atomic E-state index is 12.5. The molecule has 0 aromatic heterocycles. The third-order valence-electron chi connectivity index (χ3n) is 3.03. The van der Waals surface area contributed by atoms with Crippen LogP contribution in [0, 0.1) is 18.3 Å². The molecule has 1 rings (SSSR count). The first-order valence-electron chi connectivity index (χ1n) is 6.90. The van der Waals surface area contributed by atoms with Crippen molar-refractivity contribution in [2.24, 2.45) is 11.3 Å². The average molecular weight is 356 g/mol. The van der Waals surface area contributed by atoms with E-state index in [2.05, 4.69) is 21.2 Å². The summed E-state index contributed by atoms with van der Waals surface area (Å²) in [5.74, 6) is -1.71. The van der Waals surface area contributed by atoms with Crippen LogP contribution in [-0.4, -0.2) is 18.5 Å². The molecule has 0 aliphatic carbocycles. The van der Waals surface area contributed by atoms with E-state index in [-0.39, 0.29) is 12.5 Å². The van der Waals surface area contributed by atoms with Crippen LogP contribution in [0.5, 0.6) is 0 Å². The van der Waals surface area contributed by atoms with Crippen LogP contribution in [0.2, 0.25) is 0 Å². The molecule has 21 heavy (non-hydrogen) atoms. The predicted octanol–water partition coefficient (Wildman–Crippen LogP) is 3.92. The zero-order valence-electron chi connectivity index (χ0n) is 13.1. The van der Waals surface area contributed by atoms with Gasteiger partial charge in [0.1, 0.15) is 5.92 Å². The number of aryl methyl sites for hydroxylation is 1. The molecule has 0 aliphatic heterocycles. The van der Waals surface area contributed by atoms with Crippen LogP contribution in [0.25, 0.3) is 0 Å². The normalized spacial score (nSPS) is 12.7. The Morgan fingerprint density at radius 2 is 1.95 bits per heavy atom. The zero-order chi connectivity index (χ0) is 16.2. The van der Waals surface area contributed by atoms with E-state index >= 15 is 0 Å². The quantitative estimate of drug-likeness (QED) is 0.657. The number of hydrogen-bond acceptors (Lipinski definition) is 3. The second-order valence-electron chi connectivity index (χ2n) is 6.02. The summed E-state index contributed by atoms with van der Waals surface area (Å²) in [5.41, 5.74) is 1.20. The van der Waals surface area contributed by atoms with E-state index in [0.29, 0.717) is 5.69 Å².